The third kappa shape index (κ3) is 7.28. The van der Waals surface area contributed by atoms with Crippen LogP contribution in [0.1, 0.15) is 52.4 Å². The van der Waals surface area contributed by atoms with E-state index >= 15 is 0 Å². The predicted molar refractivity (Wildman–Crippen MR) is 80.5 cm³/mol. The van der Waals surface area contributed by atoms with Gasteiger partial charge in [0.25, 0.3) is 0 Å². The monoisotopic (exact) mass is 271 g/mol. The summed E-state index contributed by atoms with van der Waals surface area (Å²) in [5, 5.41) is 3.57. The molecule has 1 N–H and O–H groups in total. The lowest BCUT2D eigenvalue weighted by atomic mass is 9.72. The van der Waals surface area contributed by atoms with Crippen LogP contribution in [-0.4, -0.2) is 40.0 Å². The summed E-state index contributed by atoms with van der Waals surface area (Å²) >= 11 is 0. The van der Waals surface area contributed by atoms with Crippen molar-refractivity contribution in [2.45, 2.75) is 52.4 Å². The van der Waals surface area contributed by atoms with Crippen LogP contribution in [0.15, 0.2) is 0 Å². The minimum absolute atomic E-state index is 0.475. The number of hydrogen-bond acceptors (Lipinski definition) is 3. The second-order valence-electron chi connectivity index (χ2n) is 6.45. The largest absolute Gasteiger partial charge is 0.383 e. The van der Waals surface area contributed by atoms with Crippen molar-refractivity contribution in [3.63, 3.8) is 0 Å². The quantitative estimate of drug-likeness (QED) is 0.619. The second kappa shape index (κ2) is 9.73. The van der Waals surface area contributed by atoms with E-state index in [1.165, 1.54) is 38.5 Å². The molecule has 0 unspecified atom stereocenters. The van der Waals surface area contributed by atoms with Gasteiger partial charge in [-0.25, -0.2) is 0 Å². The topological polar surface area (TPSA) is 30.5 Å². The van der Waals surface area contributed by atoms with Gasteiger partial charge in [0.1, 0.15) is 0 Å². The van der Waals surface area contributed by atoms with Crippen LogP contribution < -0.4 is 5.32 Å². The highest BCUT2D eigenvalue weighted by Crippen LogP contribution is 2.38. The SMILES string of the molecule is COCCNCC1(CCOCC(C)C)CCCCC1. The Kier molecular flexibility index (Phi) is 8.67. The fourth-order valence-electron chi connectivity index (χ4n) is 2.95. The number of methoxy groups -OCH3 is 1. The Hall–Kier alpha value is -0.120. The lowest BCUT2D eigenvalue weighted by molar-refractivity contribution is 0.0593. The van der Waals surface area contributed by atoms with Crippen LogP contribution in [0.2, 0.25) is 0 Å². The Balaban J connectivity index is 2.28. The highest BCUT2D eigenvalue weighted by Gasteiger charge is 2.31. The molecule has 0 aromatic rings. The maximum absolute atomic E-state index is 5.80. The van der Waals surface area contributed by atoms with Gasteiger partial charge >= 0.3 is 0 Å². The molecule has 0 aliphatic heterocycles. The molecular formula is C16H33NO2. The minimum Gasteiger partial charge on any atom is -0.383 e. The summed E-state index contributed by atoms with van der Waals surface area (Å²) in [7, 11) is 1.76. The average Bonchev–Trinajstić information content (AvgIpc) is 2.41. The highest BCUT2D eigenvalue weighted by atomic mass is 16.5. The lowest BCUT2D eigenvalue weighted by Crippen LogP contribution is -2.38. The standard InChI is InChI=1S/C16H33NO2/c1-15(2)13-19-11-9-16(7-5-4-6-8-16)14-17-10-12-18-3/h15,17H,4-14H2,1-3H3. The van der Waals surface area contributed by atoms with E-state index in [1.54, 1.807) is 7.11 Å². The van der Waals surface area contributed by atoms with Crippen molar-refractivity contribution >= 4 is 0 Å². The smallest absolute Gasteiger partial charge is 0.0587 e. The fraction of sp³-hybridized carbons (Fsp3) is 1.00. The lowest BCUT2D eigenvalue weighted by Gasteiger charge is -2.37. The minimum atomic E-state index is 0.475. The van der Waals surface area contributed by atoms with Gasteiger partial charge in [-0.15, -0.1) is 0 Å². The first-order valence-electron chi connectivity index (χ1n) is 7.96. The first-order valence-corrected chi connectivity index (χ1v) is 7.96. The molecule has 1 rings (SSSR count). The van der Waals surface area contributed by atoms with Crippen molar-refractivity contribution in [1.29, 1.82) is 0 Å². The highest BCUT2D eigenvalue weighted by molar-refractivity contribution is 4.84. The van der Waals surface area contributed by atoms with Gasteiger partial charge in [-0.3, -0.25) is 0 Å². The normalized spacial score (nSPS) is 18.9. The molecule has 0 aromatic heterocycles. The molecule has 1 saturated carbocycles. The summed E-state index contributed by atoms with van der Waals surface area (Å²) in [6, 6.07) is 0. The van der Waals surface area contributed by atoms with Gasteiger partial charge < -0.3 is 14.8 Å². The summed E-state index contributed by atoms with van der Waals surface area (Å²) in [4.78, 5) is 0. The van der Waals surface area contributed by atoms with Gasteiger partial charge in [0.15, 0.2) is 0 Å². The molecule has 0 aromatic carbocycles. The van der Waals surface area contributed by atoms with E-state index in [9.17, 15) is 0 Å². The van der Waals surface area contributed by atoms with Gasteiger partial charge in [0.05, 0.1) is 6.61 Å². The number of nitrogens with one attached hydrogen (secondary N) is 1. The summed E-state index contributed by atoms with van der Waals surface area (Å²) in [5.41, 5.74) is 0.475. The van der Waals surface area contributed by atoms with E-state index in [1.807, 2.05) is 0 Å². The van der Waals surface area contributed by atoms with E-state index in [0.717, 1.165) is 32.9 Å². The Morgan fingerprint density at radius 3 is 2.47 bits per heavy atom. The number of rotatable bonds is 10. The van der Waals surface area contributed by atoms with Gasteiger partial charge in [-0.05, 0) is 30.6 Å². The maximum Gasteiger partial charge on any atom is 0.0587 e. The zero-order valence-corrected chi connectivity index (χ0v) is 13.2. The molecule has 0 heterocycles. The van der Waals surface area contributed by atoms with Crippen molar-refractivity contribution in [3.8, 4) is 0 Å². The zero-order chi connectivity index (χ0) is 14.0. The Bertz CT molecular complexity index is 213. The Labute approximate surface area is 119 Å². The molecule has 114 valence electrons. The fourth-order valence-corrected chi connectivity index (χ4v) is 2.95. The van der Waals surface area contributed by atoms with Gasteiger partial charge in [0.2, 0.25) is 0 Å². The molecule has 0 radical (unpaired) electrons. The van der Waals surface area contributed by atoms with E-state index in [4.69, 9.17) is 9.47 Å². The molecule has 0 amide bonds. The third-order valence-electron chi connectivity index (χ3n) is 4.13. The summed E-state index contributed by atoms with van der Waals surface area (Å²) in [6.45, 7) is 9.13. The van der Waals surface area contributed by atoms with Crippen LogP contribution in [0.3, 0.4) is 0 Å². The van der Waals surface area contributed by atoms with Crippen LogP contribution in [-0.2, 0) is 9.47 Å². The number of ether oxygens (including phenoxy) is 2. The first-order chi connectivity index (χ1) is 9.18. The maximum atomic E-state index is 5.80. The molecule has 19 heavy (non-hydrogen) atoms. The second-order valence-corrected chi connectivity index (χ2v) is 6.45. The van der Waals surface area contributed by atoms with Crippen LogP contribution in [0.4, 0.5) is 0 Å². The first kappa shape index (κ1) is 16.9. The molecule has 1 aliphatic rings. The van der Waals surface area contributed by atoms with Crippen LogP contribution in [0.5, 0.6) is 0 Å². The predicted octanol–water partition coefficient (Wildman–Crippen LogP) is 3.24. The molecule has 3 nitrogen and oxygen atoms in total. The Morgan fingerprint density at radius 2 is 1.84 bits per heavy atom. The van der Waals surface area contributed by atoms with Crippen molar-refractivity contribution in [2.75, 3.05) is 40.0 Å². The molecular weight excluding hydrogens is 238 g/mol. The average molecular weight is 271 g/mol. The van der Waals surface area contributed by atoms with E-state index in [2.05, 4.69) is 19.2 Å². The van der Waals surface area contributed by atoms with Gasteiger partial charge in [0, 0.05) is 33.4 Å². The summed E-state index contributed by atoms with van der Waals surface area (Å²) in [6.07, 6.45) is 8.11. The van der Waals surface area contributed by atoms with Gasteiger partial charge in [-0.2, -0.15) is 0 Å². The van der Waals surface area contributed by atoms with Crippen molar-refractivity contribution < 1.29 is 9.47 Å². The van der Waals surface area contributed by atoms with Crippen LogP contribution in [0, 0.1) is 11.3 Å². The summed E-state index contributed by atoms with van der Waals surface area (Å²) in [5.74, 6) is 0.641. The van der Waals surface area contributed by atoms with E-state index in [0.29, 0.717) is 11.3 Å². The molecule has 0 spiro atoms. The number of hydrogen-bond donors (Lipinski definition) is 1. The molecule has 1 fully saturated rings. The molecule has 0 atom stereocenters. The van der Waals surface area contributed by atoms with Crippen LogP contribution in [0.25, 0.3) is 0 Å². The molecule has 0 saturated heterocycles. The molecule has 3 heteroatoms. The summed E-state index contributed by atoms with van der Waals surface area (Å²) < 4.78 is 10.9. The Morgan fingerprint density at radius 1 is 1.11 bits per heavy atom. The molecule has 1 aliphatic carbocycles. The third-order valence-corrected chi connectivity index (χ3v) is 4.13. The van der Waals surface area contributed by atoms with E-state index < -0.39 is 0 Å². The van der Waals surface area contributed by atoms with Crippen molar-refractivity contribution in [1.82, 2.24) is 5.32 Å². The van der Waals surface area contributed by atoms with Gasteiger partial charge in [-0.1, -0.05) is 33.1 Å². The molecule has 0 bridgehead atoms. The zero-order valence-electron chi connectivity index (χ0n) is 13.2. The van der Waals surface area contributed by atoms with Crippen LogP contribution >= 0.6 is 0 Å². The van der Waals surface area contributed by atoms with E-state index in [-0.39, 0.29) is 0 Å². The van der Waals surface area contributed by atoms with Crippen molar-refractivity contribution in [3.05, 3.63) is 0 Å². The van der Waals surface area contributed by atoms with Crippen molar-refractivity contribution in [2.24, 2.45) is 11.3 Å².